The van der Waals surface area contributed by atoms with Crippen LogP contribution < -0.4 is 5.32 Å². The van der Waals surface area contributed by atoms with E-state index in [1.165, 1.54) is 18.7 Å². The Bertz CT molecular complexity index is 1500. The Morgan fingerprint density at radius 2 is 1.62 bits per heavy atom. The number of nitrogens with one attached hydrogen (secondary N) is 3. The molecule has 1 aliphatic rings. The second kappa shape index (κ2) is 8.48. The largest absolute Gasteiger partial charge is 0.337 e. The van der Waals surface area contributed by atoms with Crippen LogP contribution in [0.1, 0.15) is 11.1 Å². The van der Waals surface area contributed by atoms with Gasteiger partial charge in [-0.05, 0) is 55.1 Å². The summed E-state index contributed by atoms with van der Waals surface area (Å²) in [5.74, 6) is 0.139. The zero-order chi connectivity index (χ0) is 22.2. The highest BCUT2D eigenvalue weighted by Crippen LogP contribution is 2.30. The van der Waals surface area contributed by atoms with Crippen LogP contribution in [0.25, 0.3) is 22.1 Å². The molecule has 6 rings (SSSR count). The summed E-state index contributed by atoms with van der Waals surface area (Å²) in [5.41, 5.74) is 3.21. The monoisotopic (exact) mass is 578 g/mol. The molecular formula is C18H10Br2ClFN10. The van der Waals surface area contributed by atoms with Gasteiger partial charge in [0.05, 0.1) is 23.0 Å². The smallest absolute Gasteiger partial charge is 0.187 e. The topological polar surface area (TPSA) is 133 Å². The number of aliphatic imine (C=N–C) groups is 1. The van der Waals surface area contributed by atoms with Crippen LogP contribution in [0.5, 0.6) is 0 Å². The molecule has 0 unspecified atom stereocenters. The molecule has 5 heterocycles. The van der Waals surface area contributed by atoms with Crippen molar-refractivity contribution < 1.29 is 4.39 Å². The fraction of sp³-hybridized carbons (Fsp3) is 0.0556. The van der Waals surface area contributed by atoms with Crippen molar-refractivity contribution in [2.24, 2.45) is 4.99 Å². The summed E-state index contributed by atoms with van der Waals surface area (Å²) in [5, 5.41) is 18.1. The molecule has 32 heavy (non-hydrogen) atoms. The number of fused-ring (bicyclic) bond motifs is 3. The van der Waals surface area contributed by atoms with Gasteiger partial charge in [-0.1, -0.05) is 11.6 Å². The van der Waals surface area contributed by atoms with E-state index in [0.29, 0.717) is 54.5 Å². The number of rotatable bonds is 2. The number of anilines is 2. The highest BCUT2D eigenvalue weighted by molar-refractivity contribution is 9.10. The second-order valence-corrected chi connectivity index (χ2v) is 8.43. The van der Waals surface area contributed by atoms with Crippen LogP contribution in [0.3, 0.4) is 0 Å². The van der Waals surface area contributed by atoms with Gasteiger partial charge in [0.25, 0.3) is 0 Å². The maximum atomic E-state index is 14.2. The van der Waals surface area contributed by atoms with Crippen molar-refractivity contribution >= 4 is 83.2 Å². The standard InChI is InChI=1S/C13H8BrFN6.C5H2BrClN4/c14-11-10-12(17-5-18-13(10)21-20-11)19-9-2-7-4-16-3-6(7)1-8(9)15;6-3-2-4(7)8-1-9-5(2)11-10-3/h1-2,4-5H,3H2,(H2,17,18,19,20,21);1H,(H,8,9,10,11). The van der Waals surface area contributed by atoms with Crippen molar-refractivity contribution in [1.29, 1.82) is 0 Å². The third-order valence-corrected chi connectivity index (χ3v) is 5.98. The van der Waals surface area contributed by atoms with E-state index < -0.39 is 0 Å². The van der Waals surface area contributed by atoms with E-state index >= 15 is 0 Å². The molecule has 0 spiro atoms. The van der Waals surface area contributed by atoms with Gasteiger partial charge in [0.2, 0.25) is 0 Å². The van der Waals surface area contributed by atoms with Crippen molar-refractivity contribution in [1.82, 2.24) is 40.3 Å². The lowest BCUT2D eigenvalue weighted by molar-refractivity contribution is 0.630. The van der Waals surface area contributed by atoms with Crippen LogP contribution >= 0.6 is 43.5 Å². The number of halogens is 4. The third kappa shape index (κ3) is 3.82. The van der Waals surface area contributed by atoms with Gasteiger partial charge in [0.15, 0.2) is 11.3 Å². The van der Waals surface area contributed by atoms with Crippen LogP contribution in [0, 0.1) is 5.82 Å². The SMILES string of the molecule is Clc1ncnc2n[nH]c(Br)c12.Fc1cc2c(cc1Nc1ncnc3n[nH]c(Br)c13)C=NC2. The van der Waals surface area contributed by atoms with E-state index in [-0.39, 0.29) is 5.82 Å². The highest BCUT2D eigenvalue weighted by Gasteiger charge is 2.15. The molecule has 0 fully saturated rings. The molecule has 1 aliphatic heterocycles. The van der Waals surface area contributed by atoms with Crippen molar-refractivity contribution in [3.05, 3.63) is 56.1 Å². The normalized spacial score (nSPS) is 12.1. The lowest BCUT2D eigenvalue weighted by Gasteiger charge is -2.09. The Hall–Kier alpha value is -3.03. The van der Waals surface area contributed by atoms with Crippen molar-refractivity contribution in [2.45, 2.75) is 6.54 Å². The fourth-order valence-corrected chi connectivity index (χ4v) is 4.30. The molecule has 5 aromatic rings. The summed E-state index contributed by atoms with van der Waals surface area (Å²) in [4.78, 5) is 20.0. The van der Waals surface area contributed by atoms with Gasteiger partial charge >= 0.3 is 0 Å². The molecule has 4 aromatic heterocycles. The van der Waals surface area contributed by atoms with Crippen LogP contribution in [-0.2, 0) is 6.54 Å². The fourth-order valence-electron chi connectivity index (χ4n) is 3.06. The molecule has 0 saturated carbocycles. The molecule has 0 atom stereocenters. The minimum atomic E-state index is -0.342. The van der Waals surface area contributed by atoms with E-state index in [9.17, 15) is 4.39 Å². The predicted octanol–water partition coefficient (Wildman–Crippen LogP) is 4.70. The third-order valence-electron chi connectivity index (χ3n) is 4.54. The van der Waals surface area contributed by atoms with Crippen LogP contribution in [-0.4, -0.2) is 46.5 Å². The lowest BCUT2D eigenvalue weighted by Crippen LogP contribution is -2.00. The number of hydrogen-bond acceptors (Lipinski definition) is 8. The molecule has 0 bridgehead atoms. The number of aromatic amines is 2. The Kier molecular flexibility index (Phi) is 5.53. The molecular weight excluding hydrogens is 571 g/mol. The molecule has 1 aromatic carbocycles. The number of hydrogen-bond donors (Lipinski definition) is 3. The molecule has 14 heteroatoms. The lowest BCUT2D eigenvalue weighted by atomic mass is 10.1. The zero-order valence-corrected chi connectivity index (χ0v) is 19.7. The maximum Gasteiger partial charge on any atom is 0.187 e. The van der Waals surface area contributed by atoms with E-state index in [1.54, 1.807) is 12.3 Å². The summed E-state index contributed by atoms with van der Waals surface area (Å²) in [6.45, 7) is 0.525. The van der Waals surface area contributed by atoms with Gasteiger partial charge in [-0.15, -0.1) is 0 Å². The first-order valence-electron chi connectivity index (χ1n) is 8.95. The van der Waals surface area contributed by atoms with E-state index in [2.05, 4.69) is 82.5 Å². The van der Waals surface area contributed by atoms with Gasteiger partial charge in [-0.25, -0.2) is 24.3 Å². The predicted molar refractivity (Wildman–Crippen MR) is 125 cm³/mol. The van der Waals surface area contributed by atoms with Crippen molar-refractivity contribution in [3.8, 4) is 0 Å². The summed E-state index contributed by atoms with van der Waals surface area (Å²) in [7, 11) is 0. The molecule has 0 aliphatic carbocycles. The molecule has 160 valence electrons. The van der Waals surface area contributed by atoms with Gasteiger partial charge in [0.1, 0.15) is 38.6 Å². The van der Waals surface area contributed by atoms with E-state index in [0.717, 1.165) is 11.1 Å². The Morgan fingerprint density at radius 3 is 2.38 bits per heavy atom. The average Bonchev–Trinajstić information content (AvgIpc) is 3.49. The summed E-state index contributed by atoms with van der Waals surface area (Å²) < 4.78 is 15.5. The second-order valence-electron chi connectivity index (χ2n) is 6.48. The zero-order valence-electron chi connectivity index (χ0n) is 15.7. The van der Waals surface area contributed by atoms with Crippen molar-refractivity contribution in [2.75, 3.05) is 5.32 Å². The first-order chi connectivity index (χ1) is 15.5. The number of H-pyrrole nitrogens is 2. The van der Waals surface area contributed by atoms with Gasteiger partial charge in [0, 0.05) is 6.21 Å². The summed E-state index contributed by atoms with van der Waals surface area (Å²) in [6, 6.07) is 3.22. The van der Waals surface area contributed by atoms with E-state index in [4.69, 9.17) is 11.6 Å². The molecule has 0 amide bonds. The first-order valence-corrected chi connectivity index (χ1v) is 10.9. The Balaban J connectivity index is 0.000000165. The van der Waals surface area contributed by atoms with Gasteiger partial charge in [-0.3, -0.25) is 15.2 Å². The minimum absolute atomic E-state index is 0.342. The summed E-state index contributed by atoms with van der Waals surface area (Å²) in [6.07, 6.45) is 4.49. The molecule has 0 saturated heterocycles. The average molecular weight is 581 g/mol. The number of aromatic nitrogens is 8. The highest BCUT2D eigenvalue weighted by atomic mass is 79.9. The Morgan fingerprint density at radius 1 is 0.938 bits per heavy atom. The molecule has 0 radical (unpaired) electrons. The van der Waals surface area contributed by atoms with Crippen LogP contribution in [0.15, 0.2) is 39.0 Å². The quantitative estimate of drug-likeness (QED) is 0.258. The maximum absolute atomic E-state index is 14.2. The molecule has 10 nitrogen and oxygen atoms in total. The van der Waals surface area contributed by atoms with Crippen LogP contribution in [0.2, 0.25) is 5.15 Å². The van der Waals surface area contributed by atoms with Gasteiger partial charge in [-0.2, -0.15) is 10.2 Å². The van der Waals surface area contributed by atoms with Crippen molar-refractivity contribution in [3.63, 3.8) is 0 Å². The number of benzene rings is 1. The van der Waals surface area contributed by atoms with Gasteiger partial charge < -0.3 is 5.32 Å². The van der Waals surface area contributed by atoms with E-state index in [1.807, 2.05) is 0 Å². The number of nitrogens with zero attached hydrogens (tertiary/aromatic N) is 7. The first kappa shape index (κ1) is 20.8. The molecule has 3 N–H and O–H groups in total. The minimum Gasteiger partial charge on any atom is -0.337 e. The Labute approximate surface area is 200 Å². The summed E-state index contributed by atoms with van der Waals surface area (Å²) >= 11 is 12.3. The van der Waals surface area contributed by atoms with Crippen LogP contribution in [0.4, 0.5) is 15.9 Å².